The highest BCUT2D eigenvalue weighted by molar-refractivity contribution is 7.90. The molecule has 3 aromatic rings. The summed E-state index contributed by atoms with van der Waals surface area (Å²) in [5, 5.41) is -0.367. The Bertz CT molecular complexity index is 1410. The molecule has 3 N–H and O–H groups in total. The second-order valence-corrected chi connectivity index (χ2v) is 11.2. The number of hydrogen-bond donors (Lipinski definition) is 2. The number of halogens is 1. The number of pyridine rings is 2. The molecule has 1 fully saturated rings. The third-order valence-electron chi connectivity index (χ3n) is 6.10. The SMILES string of the molecule is Cc1ccc(-c2ccc(C(=O)NS(=O)(=O)c3cccc(N)n3)c(N3C[C@@H](C)CC3(C)C)n2)c(F)c1. The summed E-state index contributed by atoms with van der Waals surface area (Å²) >= 11 is 0. The molecule has 0 aliphatic carbocycles. The molecule has 10 heteroatoms. The number of nitrogens with two attached hydrogens (primary N) is 1. The Labute approximate surface area is 204 Å². The van der Waals surface area contributed by atoms with E-state index in [0.717, 1.165) is 12.0 Å². The fraction of sp³-hybridized carbons (Fsp3) is 0.320. The maximum atomic E-state index is 14.7. The van der Waals surface area contributed by atoms with Crippen LogP contribution in [0, 0.1) is 18.7 Å². The van der Waals surface area contributed by atoms with Gasteiger partial charge in [0.05, 0.1) is 11.3 Å². The van der Waals surface area contributed by atoms with Crippen LogP contribution in [0.4, 0.5) is 16.0 Å². The van der Waals surface area contributed by atoms with Gasteiger partial charge in [0.1, 0.15) is 17.5 Å². The number of amides is 1. The number of carbonyl (C=O) groups excluding carboxylic acids is 1. The molecule has 1 aliphatic rings. The Hall–Kier alpha value is -3.53. The molecule has 35 heavy (non-hydrogen) atoms. The van der Waals surface area contributed by atoms with E-state index in [2.05, 4.69) is 21.6 Å². The number of benzene rings is 1. The maximum absolute atomic E-state index is 14.7. The topological polar surface area (TPSA) is 118 Å². The monoisotopic (exact) mass is 497 g/mol. The van der Waals surface area contributed by atoms with Crippen LogP contribution in [0.15, 0.2) is 53.6 Å². The molecule has 0 saturated carbocycles. The third kappa shape index (κ3) is 4.97. The average molecular weight is 498 g/mol. The fourth-order valence-electron chi connectivity index (χ4n) is 4.58. The van der Waals surface area contributed by atoms with Gasteiger partial charge in [0.2, 0.25) is 0 Å². The number of aryl methyl sites for hydroxylation is 1. The van der Waals surface area contributed by atoms with E-state index in [0.29, 0.717) is 29.5 Å². The number of anilines is 2. The van der Waals surface area contributed by atoms with E-state index in [1.54, 1.807) is 19.1 Å². The number of nitrogen functional groups attached to an aromatic ring is 1. The Morgan fingerprint density at radius 3 is 2.54 bits per heavy atom. The van der Waals surface area contributed by atoms with Crippen LogP contribution in [0.3, 0.4) is 0 Å². The largest absolute Gasteiger partial charge is 0.384 e. The van der Waals surface area contributed by atoms with Crippen molar-refractivity contribution in [2.45, 2.75) is 44.7 Å². The van der Waals surface area contributed by atoms with E-state index >= 15 is 0 Å². The molecule has 1 amide bonds. The van der Waals surface area contributed by atoms with Crippen molar-refractivity contribution in [3.05, 3.63) is 65.5 Å². The first-order valence-electron chi connectivity index (χ1n) is 11.2. The van der Waals surface area contributed by atoms with Gasteiger partial charge in [-0.1, -0.05) is 19.1 Å². The molecule has 1 aromatic carbocycles. The minimum atomic E-state index is -4.28. The average Bonchev–Trinajstić information content (AvgIpc) is 3.04. The zero-order valence-corrected chi connectivity index (χ0v) is 20.9. The molecule has 0 spiro atoms. The van der Waals surface area contributed by atoms with Crippen LogP contribution in [-0.4, -0.2) is 36.4 Å². The second-order valence-electron chi connectivity index (χ2n) is 9.62. The molecular weight excluding hydrogens is 469 g/mol. The Kier molecular flexibility index (Phi) is 6.27. The number of nitrogens with zero attached hydrogens (tertiary/aromatic N) is 3. The predicted molar refractivity (Wildman–Crippen MR) is 133 cm³/mol. The second kappa shape index (κ2) is 8.92. The summed E-state index contributed by atoms with van der Waals surface area (Å²) in [5.74, 6) is -0.652. The zero-order chi connectivity index (χ0) is 25.5. The minimum Gasteiger partial charge on any atom is -0.384 e. The van der Waals surface area contributed by atoms with E-state index in [1.165, 1.54) is 36.4 Å². The molecule has 8 nitrogen and oxygen atoms in total. The molecule has 1 atom stereocenters. The first-order valence-corrected chi connectivity index (χ1v) is 12.7. The van der Waals surface area contributed by atoms with E-state index in [9.17, 15) is 17.6 Å². The van der Waals surface area contributed by atoms with E-state index in [-0.39, 0.29) is 21.9 Å². The van der Waals surface area contributed by atoms with Gasteiger partial charge in [-0.05, 0) is 75.1 Å². The third-order valence-corrected chi connectivity index (χ3v) is 7.33. The van der Waals surface area contributed by atoms with Gasteiger partial charge in [-0.2, -0.15) is 8.42 Å². The van der Waals surface area contributed by atoms with Crippen molar-refractivity contribution in [3.8, 4) is 11.3 Å². The number of rotatable bonds is 5. The highest BCUT2D eigenvalue weighted by Gasteiger charge is 2.39. The van der Waals surface area contributed by atoms with E-state index in [1.807, 2.05) is 18.7 Å². The Morgan fingerprint density at radius 2 is 1.91 bits per heavy atom. The standard InChI is InChI=1S/C25H28FN5O3S/c1-15-8-9-17(19(26)12-15)20-11-10-18(23(28-20)31-14-16(2)13-25(31,3)4)24(32)30-35(33,34)22-7-5-6-21(27)29-22/h5-12,16H,13-14H2,1-4H3,(H2,27,29)(H,30,32)/t16-/m0/s1. The van der Waals surface area contributed by atoms with Crippen molar-refractivity contribution in [2.24, 2.45) is 5.92 Å². The van der Waals surface area contributed by atoms with Gasteiger partial charge in [0.15, 0.2) is 5.03 Å². The number of carbonyl (C=O) groups is 1. The fourth-order valence-corrected chi connectivity index (χ4v) is 5.52. The lowest BCUT2D eigenvalue weighted by molar-refractivity contribution is 0.0981. The van der Waals surface area contributed by atoms with Crippen molar-refractivity contribution in [1.29, 1.82) is 0 Å². The van der Waals surface area contributed by atoms with Gasteiger partial charge in [0.25, 0.3) is 15.9 Å². The Balaban J connectivity index is 1.79. The van der Waals surface area contributed by atoms with Crippen molar-refractivity contribution in [2.75, 3.05) is 17.2 Å². The van der Waals surface area contributed by atoms with Crippen LogP contribution < -0.4 is 15.4 Å². The molecule has 0 radical (unpaired) electrons. The van der Waals surface area contributed by atoms with Gasteiger partial charge in [-0.25, -0.2) is 19.1 Å². The minimum absolute atomic E-state index is 0.0139. The molecule has 0 bridgehead atoms. The molecular formula is C25H28FN5O3S. The normalized spacial score (nSPS) is 17.4. The van der Waals surface area contributed by atoms with Crippen LogP contribution in [0.5, 0.6) is 0 Å². The van der Waals surface area contributed by atoms with Crippen molar-refractivity contribution in [1.82, 2.24) is 14.7 Å². The number of hydrogen-bond acceptors (Lipinski definition) is 7. The summed E-state index contributed by atoms with van der Waals surface area (Å²) < 4.78 is 42.4. The number of sulfonamides is 1. The summed E-state index contributed by atoms with van der Waals surface area (Å²) in [7, 11) is -4.28. The highest BCUT2D eigenvalue weighted by Crippen LogP contribution is 2.38. The van der Waals surface area contributed by atoms with Crippen LogP contribution in [-0.2, 0) is 10.0 Å². The van der Waals surface area contributed by atoms with Gasteiger partial charge in [-0.3, -0.25) is 4.79 Å². The lowest BCUT2D eigenvalue weighted by atomic mass is 9.97. The van der Waals surface area contributed by atoms with Crippen LogP contribution >= 0.6 is 0 Å². The van der Waals surface area contributed by atoms with Gasteiger partial charge in [-0.15, -0.1) is 0 Å². The van der Waals surface area contributed by atoms with Crippen molar-refractivity contribution < 1.29 is 17.6 Å². The van der Waals surface area contributed by atoms with Crippen LogP contribution in [0.2, 0.25) is 0 Å². The molecule has 2 aromatic heterocycles. The molecule has 184 valence electrons. The van der Waals surface area contributed by atoms with E-state index in [4.69, 9.17) is 5.73 Å². The number of aromatic nitrogens is 2. The number of nitrogens with one attached hydrogen (secondary N) is 1. The molecule has 4 rings (SSSR count). The zero-order valence-electron chi connectivity index (χ0n) is 20.0. The van der Waals surface area contributed by atoms with Crippen molar-refractivity contribution in [3.63, 3.8) is 0 Å². The van der Waals surface area contributed by atoms with Crippen molar-refractivity contribution >= 4 is 27.6 Å². The molecule has 1 saturated heterocycles. The predicted octanol–water partition coefficient (Wildman–Crippen LogP) is 3.92. The van der Waals surface area contributed by atoms with E-state index < -0.39 is 21.7 Å². The van der Waals surface area contributed by atoms with Crippen LogP contribution in [0.1, 0.15) is 43.1 Å². The lowest BCUT2D eigenvalue weighted by Crippen LogP contribution is -2.41. The van der Waals surface area contributed by atoms with Gasteiger partial charge >= 0.3 is 0 Å². The highest BCUT2D eigenvalue weighted by atomic mass is 32.2. The Morgan fingerprint density at radius 1 is 1.17 bits per heavy atom. The molecule has 1 aliphatic heterocycles. The summed E-state index contributed by atoms with van der Waals surface area (Å²) in [6.45, 7) is 8.58. The summed E-state index contributed by atoms with van der Waals surface area (Å²) in [6.07, 6.45) is 0.852. The summed E-state index contributed by atoms with van der Waals surface area (Å²) in [6, 6.07) is 12.0. The first-order chi connectivity index (χ1) is 16.4. The summed E-state index contributed by atoms with van der Waals surface area (Å²) in [5.41, 5.74) is 6.75. The summed E-state index contributed by atoms with van der Waals surface area (Å²) in [4.78, 5) is 23.7. The smallest absolute Gasteiger partial charge is 0.281 e. The van der Waals surface area contributed by atoms with Crippen LogP contribution in [0.25, 0.3) is 11.3 Å². The maximum Gasteiger partial charge on any atom is 0.281 e. The molecule has 3 heterocycles. The van der Waals surface area contributed by atoms with Gasteiger partial charge in [0, 0.05) is 17.6 Å². The first kappa shape index (κ1) is 24.6. The quantitative estimate of drug-likeness (QED) is 0.548. The lowest BCUT2D eigenvalue weighted by Gasteiger charge is -2.34. The van der Waals surface area contributed by atoms with Gasteiger partial charge < -0.3 is 10.6 Å². The molecule has 0 unspecified atom stereocenters.